The molecule has 7 fully saturated rings. The Morgan fingerprint density at radius 1 is 0.614 bits per heavy atom. The second kappa shape index (κ2) is 9.39. The van der Waals surface area contributed by atoms with Crippen molar-refractivity contribution in [2.24, 2.45) is 69.0 Å². The van der Waals surface area contributed by atoms with Crippen molar-refractivity contribution < 1.29 is 19.7 Å². The smallest absolute Gasteiger partial charge is 0.176 e. The molecular formula is C40H60O4. The normalized spacial score (nSPS) is 59.5. The van der Waals surface area contributed by atoms with Crippen LogP contribution in [0, 0.1) is 69.0 Å². The second-order valence-electron chi connectivity index (χ2n) is 19.4. The van der Waals surface area contributed by atoms with Gasteiger partial charge in [-0.25, -0.2) is 0 Å². The quantitative estimate of drug-likeness (QED) is 0.291. The number of carbonyl (C=O) groups is 1. The number of ketones is 1. The van der Waals surface area contributed by atoms with Crippen molar-refractivity contribution in [1.29, 1.82) is 0 Å². The average Bonchev–Trinajstić information content (AvgIpc) is 3.47. The summed E-state index contributed by atoms with van der Waals surface area (Å²) in [5, 5.41) is 21.9. The van der Waals surface area contributed by atoms with Crippen LogP contribution in [0.15, 0.2) is 11.3 Å². The third-order valence-electron chi connectivity index (χ3n) is 18.2. The Kier molecular flexibility index (Phi) is 6.25. The van der Waals surface area contributed by atoms with Crippen LogP contribution < -0.4 is 0 Å². The lowest BCUT2D eigenvalue weighted by Crippen LogP contribution is -2.61. The fourth-order valence-corrected chi connectivity index (χ4v) is 15.6. The van der Waals surface area contributed by atoms with Crippen molar-refractivity contribution >= 4 is 5.78 Å². The summed E-state index contributed by atoms with van der Waals surface area (Å²) in [5.74, 6) is 7.12. The number of ether oxygens (including phenoxy) is 1. The lowest BCUT2D eigenvalue weighted by atomic mass is 9.43. The molecule has 0 aromatic rings. The Morgan fingerprint density at radius 3 is 1.77 bits per heavy atom. The standard InChI is InChI=1S/C40H60O4/c1-36-16-14-30-26(28(36)9-11-33(36)41)7-5-24-19-32-23(21-38(24,30)3)13-18-40(44-32)22-39(4)25(20-35(40)43)6-8-27-29-10-12-34(42)37(29,2)17-15-31(27)39/h24-31,33-34,41-42H,5-22H2,1-4H3/t24-,25+,26-,27+,28-,29+,30-,31+,33+,34+,36-,37-,38-,39-,40-/m0/s1. The molecule has 9 aliphatic rings. The molecule has 0 aromatic heterocycles. The van der Waals surface area contributed by atoms with Gasteiger partial charge in [0.2, 0.25) is 0 Å². The summed E-state index contributed by atoms with van der Waals surface area (Å²) in [4.78, 5) is 14.2. The van der Waals surface area contributed by atoms with Crippen LogP contribution in [-0.2, 0) is 9.53 Å². The van der Waals surface area contributed by atoms with Crippen LogP contribution in [0.5, 0.6) is 0 Å². The van der Waals surface area contributed by atoms with Gasteiger partial charge in [0.05, 0.1) is 18.0 Å². The van der Waals surface area contributed by atoms with Crippen molar-refractivity contribution in [3.63, 3.8) is 0 Å². The highest BCUT2D eigenvalue weighted by Gasteiger charge is 2.66. The molecule has 2 N–H and O–H groups in total. The van der Waals surface area contributed by atoms with Gasteiger partial charge in [-0.3, -0.25) is 4.79 Å². The Bertz CT molecular complexity index is 1270. The Morgan fingerprint density at radius 2 is 1.16 bits per heavy atom. The Balaban J connectivity index is 0.976. The Labute approximate surface area is 266 Å². The number of allylic oxidation sites excluding steroid dienone is 2. The van der Waals surface area contributed by atoms with Crippen molar-refractivity contribution in [2.45, 2.75) is 161 Å². The molecule has 9 rings (SSSR count). The summed E-state index contributed by atoms with van der Waals surface area (Å²) in [6, 6.07) is 0. The molecule has 8 aliphatic carbocycles. The fraction of sp³-hybridized carbons (Fsp3) is 0.925. The summed E-state index contributed by atoms with van der Waals surface area (Å²) < 4.78 is 7.24. The lowest BCUT2D eigenvalue weighted by Gasteiger charge is -2.63. The first kappa shape index (κ1) is 29.3. The number of fused-ring (bicyclic) bond motifs is 10. The topological polar surface area (TPSA) is 66.8 Å². The number of carbonyl (C=O) groups excluding carboxylic acids is 1. The molecule has 0 unspecified atom stereocenters. The number of Topliss-reactive ketones (excluding diaryl/α,β-unsaturated/α-hetero) is 1. The molecule has 0 bridgehead atoms. The zero-order valence-electron chi connectivity index (χ0n) is 28.2. The van der Waals surface area contributed by atoms with Crippen LogP contribution in [-0.4, -0.2) is 33.8 Å². The van der Waals surface area contributed by atoms with E-state index < -0.39 is 5.60 Å². The van der Waals surface area contributed by atoms with E-state index in [1.165, 1.54) is 70.0 Å². The van der Waals surface area contributed by atoms with Gasteiger partial charge in [0.15, 0.2) is 11.4 Å². The van der Waals surface area contributed by atoms with E-state index in [1.807, 2.05) is 0 Å². The van der Waals surface area contributed by atoms with E-state index >= 15 is 0 Å². The van der Waals surface area contributed by atoms with Gasteiger partial charge in [0.1, 0.15) is 0 Å². The number of rotatable bonds is 0. The summed E-state index contributed by atoms with van der Waals surface area (Å²) in [5.41, 5.74) is 1.73. The van der Waals surface area contributed by atoms with Crippen molar-refractivity contribution in [3.8, 4) is 0 Å². The number of aliphatic hydroxyl groups excluding tert-OH is 2. The first-order chi connectivity index (χ1) is 20.9. The van der Waals surface area contributed by atoms with E-state index in [4.69, 9.17) is 4.74 Å². The first-order valence-electron chi connectivity index (χ1n) is 19.2. The molecule has 4 heteroatoms. The van der Waals surface area contributed by atoms with Crippen LogP contribution in [0.25, 0.3) is 0 Å². The molecule has 15 atom stereocenters. The largest absolute Gasteiger partial charge is 0.484 e. The molecule has 7 saturated carbocycles. The fourth-order valence-electron chi connectivity index (χ4n) is 15.6. The zero-order chi connectivity index (χ0) is 30.4. The summed E-state index contributed by atoms with van der Waals surface area (Å²) in [7, 11) is 0. The highest BCUT2D eigenvalue weighted by molar-refractivity contribution is 5.89. The van der Waals surface area contributed by atoms with Gasteiger partial charge >= 0.3 is 0 Å². The zero-order valence-corrected chi connectivity index (χ0v) is 28.2. The molecule has 0 amide bonds. The predicted octanol–water partition coefficient (Wildman–Crippen LogP) is 8.39. The monoisotopic (exact) mass is 604 g/mol. The minimum Gasteiger partial charge on any atom is -0.484 e. The summed E-state index contributed by atoms with van der Waals surface area (Å²) >= 11 is 0. The highest BCUT2D eigenvalue weighted by atomic mass is 16.5. The molecule has 0 radical (unpaired) electrons. The van der Waals surface area contributed by atoms with Crippen LogP contribution >= 0.6 is 0 Å². The van der Waals surface area contributed by atoms with Crippen LogP contribution in [0.1, 0.15) is 143 Å². The third kappa shape index (κ3) is 3.63. The summed E-state index contributed by atoms with van der Waals surface area (Å²) in [6.07, 6.45) is 19.9. The van der Waals surface area contributed by atoms with Gasteiger partial charge in [0, 0.05) is 19.3 Å². The number of hydrogen-bond acceptors (Lipinski definition) is 4. The van der Waals surface area contributed by atoms with Crippen molar-refractivity contribution in [3.05, 3.63) is 11.3 Å². The minimum absolute atomic E-state index is 0.0978. The van der Waals surface area contributed by atoms with Crippen LogP contribution in [0.3, 0.4) is 0 Å². The SMILES string of the molecule is C[C@]12C[C@@]3(CCC4=C(C[C@@H]5CC[C@@H]6[C@H](CC[C@]7(C)[C@H](O)CC[C@@H]67)[C@@]5(C)C4)O3)C(=O)C[C@H]1CC[C@H]1[C@H]2CC[C@]2(C)[C@H](O)CC[C@H]12. The van der Waals surface area contributed by atoms with Crippen molar-refractivity contribution in [2.75, 3.05) is 0 Å². The third-order valence-corrected chi connectivity index (χ3v) is 18.2. The molecular weight excluding hydrogens is 544 g/mol. The minimum atomic E-state index is -0.598. The van der Waals surface area contributed by atoms with Gasteiger partial charge in [0.25, 0.3) is 0 Å². The maximum Gasteiger partial charge on any atom is 0.176 e. The lowest BCUT2D eigenvalue weighted by molar-refractivity contribution is -0.186. The number of aliphatic hydroxyl groups is 2. The molecule has 1 heterocycles. The van der Waals surface area contributed by atoms with Gasteiger partial charge < -0.3 is 14.9 Å². The van der Waals surface area contributed by atoms with E-state index in [9.17, 15) is 15.0 Å². The van der Waals surface area contributed by atoms with E-state index in [1.54, 1.807) is 5.57 Å². The molecule has 1 spiro atoms. The predicted molar refractivity (Wildman–Crippen MR) is 171 cm³/mol. The van der Waals surface area contributed by atoms with Gasteiger partial charge in [-0.15, -0.1) is 0 Å². The molecule has 0 saturated heterocycles. The van der Waals surface area contributed by atoms with E-state index in [0.717, 1.165) is 63.2 Å². The van der Waals surface area contributed by atoms with Gasteiger partial charge in [-0.2, -0.15) is 0 Å². The molecule has 1 aliphatic heterocycles. The Hall–Kier alpha value is -0.870. The van der Waals surface area contributed by atoms with Crippen LogP contribution in [0.4, 0.5) is 0 Å². The van der Waals surface area contributed by atoms with Gasteiger partial charge in [-0.05, 0) is 171 Å². The molecule has 244 valence electrons. The highest BCUT2D eigenvalue weighted by Crippen LogP contribution is 2.70. The maximum absolute atomic E-state index is 14.2. The van der Waals surface area contributed by atoms with E-state index in [2.05, 4.69) is 27.7 Å². The average molecular weight is 605 g/mol. The second-order valence-corrected chi connectivity index (χ2v) is 19.4. The van der Waals surface area contributed by atoms with Gasteiger partial charge in [-0.1, -0.05) is 27.7 Å². The van der Waals surface area contributed by atoms with Crippen LogP contribution in [0.2, 0.25) is 0 Å². The maximum atomic E-state index is 14.2. The van der Waals surface area contributed by atoms with E-state index in [0.29, 0.717) is 46.7 Å². The summed E-state index contributed by atoms with van der Waals surface area (Å²) in [6.45, 7) is 9.99. The van der Waals surface area contributed by atoms with Crippen molar-refractivity contribution in [1.82, 2.24) is 0 Å². The van der Waals surface area contributed by atoms with E-state index in [-0.39, 0.29) is 28.5 Å². The number of hydrogen-bond donors (Lipinski definition) is 2. The molecule has 4 nitrogen and oxygen atoms in total. The molecule has 0 aromatic carbocycles. The molecule has 44 heavy (non-hydrogen) atoms. The first-order valence-corrected chi connectivity index (χ1v) is 19.2.